The summed E-state index contributed by atoms with van der Waals surface area (Å²) in [6, 6.07) is -1.30. The number of aliphatic hydroxyl groups excluding tert-OH is 1. The van der Waals surface area contributed by atoms with Crippen LogP contribution in [0.4, 0.5) is 4.79 Å². The van der Waals surface area contributed by atoms with Crippen LogP contribution in [0.1, 0.15) is 32.6 Å². The van der Waals surface area contributed by atoms with E-state index in [1.165, 1.54) is 4.90 Å². The summed E-state index contributed by atoms with van der Waals surface area (Å²) in [4.78, 5) is 23.8. The molecule has 0 radical (unpaired) electrons. The van der Waals surface area contributed by atoms with Gasteiger partial charge in [0.05, 0.1) is 6.10 Å². The van der Waals surface area contributed by atoms with Crippen molar-refractivity contribution in [2.45, 2.75) is 44.8 Å². The number of unbranched alkanes of at least 4 members (excludes halogenated alkanes) is 2. The van der Waals surface area contributed by atoms with Crippen molar-refractivity contribution in [3.63, 3.8) is 0 Å². The Labute approximate surface area is 101 Å². The highest BCUT2D eigenvalue weighted by molar-refractivity contribution is 5.83. The number of β-amino-alcohol motifs (C(OH)–C–C–N with tert-alkyl or cyclic N) is 1. The topological polar surface area (TPSA) is 89.9 Å². The molecule has 2 unspecified atom stereocenters. The number of carbonyl (C=O) groups excluding carboxylic acids is 1. The number of urea groups is 1. The second-order valence-electron chi connectivity index (χ2n) is 4.33. The Balaban J connectivity index is 2.41. The Morgan fingerprint density at radius 3 is 2.71 bits per heavy atom. The first kappa shape index (κ1) is 13.8. The van der Waals surface area contributed by atoms with Crippen molar-refractivity contribution >= 4 is 12.0 Å². The zero-order valence-corrected chi connectivity index (χ0v) is 10.1. The number of nitrogens with one attached hydrogen (secondary N) is 1. The minimum Gasteiger partial charge on any atom is -0.480 e. The average molecular weight is 244 g/mol. The van der Waals surface area contributed by atoms with Crippen LogP contribution < -0.4 is 5.32 Å². The van der Waals surface area contributed by atoms with Crippen LogP contribution in [0.5, 0.6) is 0 Å². The van der Waals surface area contributed by atoms with Crippen molar-refractivity contribution in [1.29, 1.82) is 0 Å². The van der Waals surface area contributed by atoms with Crippen LogP contribution in [0.25, 0.3) is 0 Å². The van der Waals surface area contributed by atoms with Crippen molar-refractivity contribution in [3.05, 3.63) is 0 Å². The van der Waals surface area contributed by atoms with Crippen LogP contribution in [0.15, 0.2) is 0 Å². The molecule has 0 aliphatic carbocycles. The van der Waals surface area contributed by atoms with Gasteiger partial charge in [-0.15, -0.1) is 0 Å². The van der Waals surface area contributed by atoms with Crippen molar-refractivity contribution in [2.24, 2.45) is 0 Å². The van der Waals surface area contributed by atoms with Gasteiger partial charge in [0.2, 0.25) is 0 Å². The Hall–Kier alpha value is -1.30. The van der Waals surface area contributed by atoms with Gasteiger partial charge in [0.25, 0.3) is 0 Å². The third-order valence-electron chi connectivity index (χ3n) is 2.88. The number of nitrogens with zero attached hydrogens (tertiary/aromatic N) is 1. The Morgan fingerprint density at radius 1 is 1.41 bits per heavy atom. The molecule has 0 saturated carbocycles. The molecule has 0 aromatic rings. The highest BCUT2D eigenvalue weighted by Gasteiger charge is 2.38. The quantitative estimate of drug-likeness (QED) is 0.611. The first-order chi connectivity index (χ1) is 8.06. The number of carboxylic acids is 1. The summed E-state index contributed by atoms with van der Waals surface area (Å²) in [6.45, 7) is 2.71. The van der Waals surface area contributed by atoms with E-state index in [0.29, 0.717) is 6.54 Å². The van der Waals surface area contributed by atoms with Crippen LogP contribution in [0.2, 0.25) is 0 Å². The van der Waals surface area contributed by atoms with E-state index < -0.39 is 24.1 Å². The molecule has 1 aliphatic rings. The average Bonchev–Trinajstić information content (AvgIpc) is 2.66. The van der Waals surface area contributed by atoms with Gasteiger partial charge < -0.3 is 20.4 Å². The molecule has 1 saturated heterocycles. The third-order valence-corrected chi connectivity index (χ3v) is 2.88. The number of rotatable bonds is 5. The molecule has 98 valence electrons. The van der Waals surface area contributed by atoms with E-state index in [1.807, 2.05) is 0 Å². The fourth-order valence-electron chi connectivity index (χ4n) is 1.94. The predicted molar refractivity (Wildman–Crippen MR) is 61.7 cm³/mol. The molecule has 0 spiro atoms. The van der Waals surface area contributed by atoms with Gasteiger partial charge in [0.1, 0.15) is 6.04 Å². The normalized spacial score (nSPS) is 23.8. The molecule has 1 fully saturated rings. The van der Waals surface area contributed by atoms with E-state index in [4.69, 9.17) is 5.11 Å². The molecule has 1 heterocycles. The predicted octanol–water partition coefficient (Wildman–Crippen LogP) is 0.406. The second-order valence-corrected chi connectivity index (χ2v) is 4.33. The fraction of sp³-hybridized carbons (Fsp3) is 0.818. The number of carbonyl (C=O) groups is 2. The van der Waals surface area contributed by atoms with Crippen molar-refractivity contribution < 1.29 is 19.8 Å². The molecule has 6 heteroatoms. The standard InChI is InChI=1S/C11H20N2O4/c1-2-3-4-5-12-11(17)13-7-8(14)6-9(13)10(15)16/h8-9,14H,2-7H2,1H3,(H,12,17)(H,15,16). The maximum Gasteiger partial charge on any atom is 0.326 e. The summed E-state index contributed by atoms with van der Waals surface area (Å²) in [5.74, 6) is -1.06. The Bertz CT molecular complexity index is 283. The largest absolute Gasteiger partial charge is 0.480 e. The number of hydrogen-bond donors (Lipinski definition) is 3. The summed E-state index contributed by atoms with van der Waals surface area (Å²) in [7, 11) is 0. The highest BCUT2D eigenvalue weighted by atomic mass is 16.4. The monoisotopic (exact) mass is 244 g/mol. The highest BCUT2D eigenvalue weighted by Crippen LogP contribution is 2.17. The van der Waals surface area contributed by atoms with E-state index in [-0.39, 0.29) is 13.0 Å². The number of aliphatic hydroxyl groups is 1. The van der Waals surface area contributed by atoms with Crippen LogP contribution in [0, 0.1) is 0 Å². The van der Waals surface area contributed by atoms with Gasteiger partial charge in [-0.1, -0.05) is 19.8 Å². The molecule has 2 amide bonds. The van der Waals surface area contributed by atoms with Crippen LogP contribution >= 0.6 is 0 Å². The van der Waals surface area contributed by atoms with E-state index in [9.17, 15) is 14.7 Å². The lowest BCUT2D eigenvalue weighted by Crippen LogP contribution is -2.46. The zero-order chi connectivity index (χ0) is 12.8. The van der Waals surface area contributed by atoms with E-state index in [2.05, 4.69) is 12.2 Å². The molecule has 0 aromatic heterocycles. The van der Waals surface area contributed by atoms with Crippen molar-refractivity contribution in [3.8, 4) is 0 Å². The molecule has 6 nitrogen and oxygen atoms in total. The van der Waals surface area contributed by atoms with Gasteiger partial charge in [-0.25, -0.2) is 9.59 Å². The minimum absolute atomic E-state index is 0.0938. The van der Waals surface area contributed by atoms with E-state index >= 15 is 0 Å². The lowest BCUT2D eigenvalue weighted by atomic mass is 10.2. The molecule has 1 aliphatic heterocycles. The summed E-state index contributed by atoms with van der Waals surface area (Å²) >= 11 is 0. The summed E-state index contributed by atoms with van der Waals surface area (Å²) in [5, 5.41) is 21.0. The van der Waals surface area contributed by atoms with Gasteiger partial charge in [0.15, 0.2) is 0 Å². The van der Waals surface area contributed by atoms with Gasteiger partial charge >= 0.3 is 12.0 Å². The third kappa shape index (κ3) is 3.89. The first-order valence-corrected chi connectivity index (χ1v) is 6.01. The lowest BCUT2D eigenvalue weighted by Gasteiger charge is -2.21. The maximum atomic E-state index is 11.7. The number of carboxylic acid groups (broad SMARTS) is 1. The van der Waals surface area contributed by atoms with Crippen molar-refractivity contribution in [2.75, 3.05) is 13.1 Å². The second kappa shape index (κ2) is 6.44. The van der Waals surface area contributed by atoms with Gasteiger partial charge in [-0.3, -0.25) is 0 Å². The molecular formula is C11H20N2O4. The van der Waals surface area contributed by atoms with Gasteiger partial charge in [0, 0.05) is 19.5 Å². The number of amides is 2. The summed E-state index contributed by atoms with van der Waals surface area (Å²) < 4.78 is 0. The molecule has 0 bridgehead atoms. The Kier molecular flexibility index (Phi) is 5.21. The molecule has 3 N–H and O–H groups in total. The number of hydrogen-bond acceptors (Lipinski definition) is 3. The maximum absolute atomic E-state index is 11.7. The van der Waals surface area contributed by atoms with Crippen LogP contribution in [-0.2, 0) is 4.79 Å². The lowest BCUT2D eigenvalue weighted by molar-refractivity contribution is -0.141. The Morgan fingerprint density at radius 2 is 2.12 bits per heavy atom. The summed E-state index contributed by atoms with van der Waals surface area (Å²) in [6.07, 6.45) is 2.35. The molecule has 0 aromatic carbocycles. The van der Waals surface area contributed by atoms with E-state index in [0.717, 1.165) is 19.3 Å². The van der Waals surface area contributed by atoms with Gasteiger partial charge in [-0.05, 0) is 6.42 Å². The van der Waals surface area contributed by atoms with Crippen molar-refractivity contribution in [1.82, 2.24) is 10.2 Å². The molecule has 17 heavy (non-hydrogen) atoms. The van der Waals surface area contributed by atoms with Crippen LogP contribution in [-0.4, -0.2) is 52.3 Å². The molecular weight excluding hydrogens is 224 g/mol. The minimum atomic E-state index is -1.06. The molecule has 2 atom stereocenters. The smallest absolute Gasteiger partial charge is 0.326 e. The number of aliphatic carboxylic acids is 1. The number of likely N-dealkylation sites (tertiary alicyclic amines) is 1. The SMILES string of the molecule is CCCCCNC(=O)N1CC(O)CC1C(=O)O. The summed E-state index contributed by atoms with van der Waals surface area (Å²) in [5.41, 5.74) is 0. The zero-order valence-electron chi connectivity index (χ0n) is 10.1. The van der Waals surface area contributed by atoms with Gasteiger partial charge in [-0.2, -0.15) is 0 Å². The van der Waals surface area contributed by atoms with Crippen LogP contribution in [0.3, 0.4) is 0 Å². The molecule has 1 rings (SSSR count). The first-order valence-electron chi connectivity index (χ1n) is 6.01. The van der Waals surface area contributed by atoms with E-state index in [1.54, 1.807) is 0 Å². The fourth-order valence-corrected chi connectivity index (χ4v) is 1.94.